The van der Waals surface area contributed by atoms with E-state index in [1.165, 1.54) is 25.1 Å². The van der Waals surface area contributed by atoms with Crippen molar-refractivity contribution in [2.24, 2.45) is 5.73 Å². The van der Waals surface area contributed by atoms with Gasteiger partial charge in [0.1, 0.15) is 0 Å². The zero-order valence-electron chi connectivity index (χ0n) is 12.8. The highest BCUT2D eigenvalue weighted by Crippen LogP contribution is 2.23. The van der Waals surface area contributed by atoms with Crippen LogP contribution in [0.4, 0.5) is 5.69 Å². The average Bonchev–Trinajstić information content (AvgIpc) is 2.44. The second kappa shape index (κ2) is 7.87. The Labute approximate surface area is 136 Å². The lowest BCUT2D eigenvalue weighted by Gasteiger charge is -2.31. The van der Waals surface area contributed by atoms with E-state index in [2.05, 4.69) is 4.72 Å². The van der Waals surface area contributed by atoms with Gasteiger partial charge in [-0.15, -0.1) is 12.4 Å². The molecule has 0 aliphatic carbocycles. The Bertz CT molecular complexity index is 622. The second-order valence-electron chi connectivity index (χ2n) is 5.00. The van der Waals surface area contributed by atoms with Crippen molar-refractivity contribution >= 4 is 28.1 Å². The smallest absolute Gasteiger partial charge is 0.272 e. The molecule has 126 valence electrons. The number of nitro benzene ring substituents is 1. The number of rotatable bonds is 7. The summed E-state index contributed by atoms with van der Waals surface area (Å²) >= 11 is 0. The third-order valence-corrected chi connectivity index (χ3v) is 5.35. The normalized spacial score (nSPS) is 11.8. The van der Waals surface area contributed by atoms with Crippen LogP contribution in [0.1, 0.15) is 32.3 Å². The van der Waals surface area contributed by atoms with Crippen molar-refractivity contribution in [2.75, 3.05) is 6.54 Å². The third kappa shape index (κ3) is 4.39. The number of sulfonamides is 1. The maximum absolute atomic E-state index is 12.4. The maximum atomic E-state index is 12.4. The van der Waals surface area contributed by atoms with Crippen LogP contribution in [0.5, 0.6) is 0 Å². The molecule has 0 bridgehead atoms. The van der Waals surface area contributed by atoms with Crippen LogP contribution in [0.15, 0.2) is 23.1 Å². The van der Waals surface area contributed by atoms with E-state index in [0.717, 1.165) is 0 Å². The molecule has 7 nitrogen and oxygen atoms in total. The summed E-state index contributed by atoms with van der Waals surface area (Å²) in [5, 5.41) is 10.8. The Morgan fingerprint density at radius 1 is 1.32 bits per heavy atom. The number of nitrogens with zero attached hydrogens (tertiary/aromatic N) is 1. The fourth-order valence-corrected chi connectivity index (χ4v) is 3.71. The lowest BCUT2D eigenvalue weighted by Crippen LogP contribution is -2.52. The van der Waals surface area contributed by atoms with Crippen molar-refractivity contribution in [1.29, 1.82) is 0 Å². The van der Waals surface area contributed by atoms with Gasteiger partial charge in [0.15, 0.2) is 0 Å². The van der Waals surface area contributed by atoms with Gasteiger partial charge in [-0.3, -0.25) is 10.1 Å². The molecule has 0 aromatic heterocycles. The van der Waals surface area contributed by atoms with E-state index in [1.807, 2.05) is 13.8 Å². The predicted molar refractivity (Wildman–Crippen MR) is 87.8 cm³/mol. The molecule has 0 aliphatic rings. The zero-order chi connectivity index (χ0) is 16.3. The topological polar surface area (TPSA) is 115 Å². The number of halogens is 1. The minimum Gasteiger partial charge on any atom is -0.329 e. The highest BCUT2D eigenvalue weighted by Gasteiger charge is 2.31. The summed E-state index contributed by atoms with van der Waals surface area (Å²) in [6.45, 7) is 5.41. The van der Waals surface area contributed by atoms with Crippen molar-refractivity contribution in [3.63, 3.8) is 0 Å². The van der Waals surface area contributed by atoms with Crippen LogP contribution < -0.4 is 10.5 Å². The molecule has 0 radical (unpaired) electrons. The predicted octanol–water partition coefficient (Wildman–Crippen LogP) is 2.12. The first-order valence-electron chi connectivity index (χ1n) is 6.70. The quantitative estimate of drug-likeness (QED) is 0.576. The Hall–Kier alpha value is -1.22. The first-order chi connectivity index (χ1) is 9.71. The molecule has 1 rings (SSSR count). The number of nitrogens with two attached hydrogens (primary N) is 1. The number of nitro groups is 1. The van der Waals surface area contributed by atoms with Crippen LogP contribution in [0.3, 0.4) is 0 Å². The van der Waals surface area contributed by atoms with Gasteiger partial charge in [-0.05, 0) is 31.9 Å². The number of benzene rings is 1. The SMILES string of the molecule is CCC(CC)(CN)NS(=O)(=O)c1ccc([N+](=O)[O-])c(C)c1.Cl. The van der Waals surface area contributed by atoms with E-state index >= 15 is 0 Å². The van der Waals surface area contributed by atoms with E-state index in [4.69, 9.17) is 5.73 Å². The largest absolute Gasteiger partial charge is 0.329 e. The van der Waals surface area contributed by atoms with Gasteiger partial charge >= 0.3 is 0 Å². The first-order valence-corrected chi connectivity index (χ1v) is 8.18. The monoisotopic (exact) mass is 351 g/mol. The van der Waals surface area contributed by atoms with Crippen molar-refractivity contribution in [3.8, 4) is 0 Å². The van der Waals surface area contributed by atoms with Crippen LogP contribution >= 0.6 is 12.4 Å². The van der Waals surface area contributed by atoms with E-state index < -0.39 is 20.5 Å². The summed E-state index contributed by atoms with van der Waals surface area (Å²) in [5.41, 5.74) is 5.19. The minimum absolute atomic E-state index is 0. The van der Waals surface area contributed by atoms with Gasteiger partial charge < -0.3 is 5.73 Å². The Morgan fingerprint density at radius 3 is 2.23 bits per heavy atom. The van der Waals surface area contributed by atoms with Gasteiger partial charge in [-0.2, -0.15) is 0 Å². The average molecular weight is 352 g/mol. The molecular weight excluding hydrogens is 330 g/mol. The minimum atomic E-state index is -3.77. The van der Waals surface area contributed by atoms with Gasteiger partial charge in [0.25, 0.3) is 5.69 Å². The first kappa shape index (κ1) is 20.8. The highest BCUT2D eigenvalue weighted by atomic mass is 35.5. The lowest BCUT2D eigenvalue weighted by atomic mass is 9.95. The molecule has 0 amide bonds. The van der Waals surface area contributed by atoms with Crippen LogP contribution in [0.25, 0.3) is 0 Å². The summed E-state index contributed by atoms with van der Waals surface area (Å²) in [4.78, 5) is 10.2. The molecule has 0 unspecified atom stereocenters. The summed E-state index contributed by atoms with van der Waals surface area (Å²) in [6, 6.07) is 3.74. The molecular formula is C13H22ClN3O4S. The van der Waals surface area contributed by atoms with Crippen molar-refractivity contribution in [1.82, 2.24) is 4.72 Å². The van der Waals surface area contributed by atoms with Crippen LogP contribution in [0, 0.1) is 17.0 Å². The van der Waals surface area contributed by atoms with Crippen LogP contribution in [-0.4, -0.2) is 25.4 Å². The van der Waals surface area contributed by atoms with Gasteiger partial charge in [-0.1, -0.05) is 13.8 Å². The molecule has 3 N–H and O–H groups in total. The number of hydrogen-bond donors (Lipinski definition) is 2. The molecule has 1 aromatic carbocycles. The molecule has 0 saturated heterocycles. The Kier molecular flexibility index (Phi) is 7.43. The van der Waals surface area contributed by atoms with Crippen LogP contribution in [-0.2, 0) is 10.0 Å². The summed E-state index contributed by atoms with van der Waals surface area (Å²) in [6.07, 6.45) is 1.12. The maximum Gasteiger partial charge on any atom is 0.272 e. The van der Waals surface area contributed by atoms with Gasteiger partial charge in [0.2, 0.25) is 10.0 Å². The fraction of sp³-hybridized carbons (Fsp3) is 0.538. The Morgan fingerprint density at radius 2 is 1.86 bits per heavy atom. The molecule has 0 atom stereocenters. The van der Waals surface area contributed by atoms with E-state index in [-0.39, 0.29) is 29.5 Å². The zero-order valence-corrected chi connectivity index (χ0v) is 14.5. The van der Waals surface area contributed by atoms with Crippen LogP contribution in [0.2, 0.25) is 0 Å². The van der Waals surface area contributed by atoms with Gasteiger partial charge in [-0.25, -0.2) is 13.1 Å². The summed E-state index contributed by atoms with van der Waals surface area (Å²) in [5.74, 6) is 0. The molecule has 0 heterocycles. The molecule has 0 fully saturated rings. The third-order valence-electron chi connectivity index (χ3n) is 3.77. The van der Waals surface area contributed by atoms with Crippen molar-refractivity contribution in [2.45, 2.75) is 44.0 Å². The lowest BCUT2D eigenvalue weighted by molar-refractivity contribution is -0.385. The molecule has 0 aliphatic heterocycles. The van der Waals surface area contributed by atoms with Crippen molar-refractivity contribution < 1.29 is 13.3 Å². The molecule has 9 heteroatoms. The molecule has 0 spiro atoms. The standard InChI is InChI=1S/C13H21N3O4S.ClH/c1-4-13(5-2,9-14)15-21(19,20)11-6-7-12(16(17)18)10(3)8-11;/h6-8,15H,4-5,9,14H2,1-3H3;1H. The second-order valence-corrected chi connectivity index (χ2v) is 6.68. The summed E-state index contributed by atoms with van der Waals surface area (Å²) < 4.78 is 27.5. The van der Waals surface area contributed by atoms with E-state index in [9.17, 15) is 18.5 Å². The highest BCUT2D eigenvalue weighted by molar-refractivity contribution is 7.89. The molecule has 22 heavy (non-hydrogen) atoms. The molecule has 0 saturated carbocycles. The van der Waals surface area contributed by atoms with E-state index in [1.54, 1.807) is 0 Å². The van der Waals surface area contributed by atoms with Gasteiger partial charge in [0.05, 0.1) is 9.82 Å². The van der Waals surface area contributed by atoms with E-state index in [0.29, 0.717) is 18.4 Å². The number of hydrogen-bond acceptors (Lipinski definition) is 5. The number of aryl methyl sites for hydroxylation is 1. The number of nitrogens with one attached hydrogen (secondary N) is 1. The molecule has 1 aromatic rings. The fourth-order valence-electron chi connectivity index (χ4n) is 2.07. The Balaban J connectivity index is 0.00000441. The van der Waals surface area contributed by atoms with Crippen molar-refractivity contribution in [3.05, 3.63) is 33.9 Å². The summed E-state index contributed by atoms with van der Waals surface area (Å²) in [7, 11) is -3.77. The van der Waals surface area contributed by atoms with Gasteiger partial charge in [0, 0.05) is 23.7 Å².